The normalized spacial score (nSPS) is 12.2. The number of nitrogen functional groups attached to an aromatic ring is 2. The van der Waals surface area contributed by atoms with Crippen molar-refractivity contribution in [1.82, 2.24) is 4.90 Å². The first kappa shape index (κ1) is 12.4. The zero-order valence-corrected chi connectivity index (χ0v) is 10.0. The third-order valence-corrected chi connectivity index (χ3v) is 2.94. The molecule has 1 rings (SSSR count). The van der Waals surface area contributed by atoms with Crippen LogP contribution in [0.4, 0.5) is 11.4 Å². The Balaban J connectivity index is 3.01. The number of carbonyl (C=O) groups excluding carboxylic acids is 1. The summed E-state index contributed by atoms with van der Waals surface area (Å²) in [6.45, 7) is 4.04. The third-order valence-electron chi connectivity index (χ3n) is 2.94. The van der Waals surface area contributed by atoms with Crippen LogP contribution in [0.15, 0.2) is 18.2 Å². The molecule has 1 unspecified atom stereocenters. The number of rotatable bonds is 3. The molecule has 0 aliphatic rings. The first-order valence-electron chi connectivity index (χ1n) is 5.40. The number of carbonyl (C=O) groups is 1. The Morgan fingerprint density at radius 3 is 2.62 bits per heavy atom. The number of anilines is 2. The van der Waals surface area contributed by atoms with Crippen LogP contribution < -0.4 is 11.5 Å². The van der Waals surface area contributed by atoms with E-state index in [1.807, 2.05) is 13.8 Å². The van der Waals surface area contributed by atoms with Gasteiger partial charge >= 0.3 is 0 Å². The molecule has 0 aliphatic heterocycles. The van der Waals surface area contributed by atoms with Crippen LogP contribution in [0.2, 0.25) is 0 Å². The largest absolute Gasteiger partial charge is 0.397 e. The van der Waals surface area contributed by atoms with E-state index in [-0.39, 0.29) is 11.9 Å². The minimum Gasteiger partial charge on any atom is -0.397 e. The fourth-order valence-corrected chi connectivity index (χ4v) is 1.43. The minimum atomic E-state index is -0.0841. The highest BCUT2D eigenvalue weighted by atomic mass is 16.2. The average Bonchev–Trinajstić information content (AvgIpc) is 2.29. The van der Waals surface area contributed by atoms with E-state index in [9.17, 15) is 4.79 Å². The number of nitrogens with zero attached hydrogens (tertiary/aromatic N) is 1. The second-order valence-electron chi connectivity index (χ2n) is 3.98. The standard InChI is InChI=1S/C12H19N3O/c1-4-8(2)15(3)12(16)9-6-5-7-10(13)11(9)14/h5-8H,4,13-14H2,1-3H3. The Kier molecular flexibility index (Phi) is 3.77. The summed E-state index contributed by atoms with van der Waals surface area (Å²) < 4.78 is 0. The van der Waals surface area contributed by atoms with Gasteiger partial charge in [-0.2, -0.15) is 0 Å². The summed E-state index contributed by atoms with van der Waals surface area (Å²) in [4.78, 5) is 13.8. The Morgan fingerprint density at radius 2 is 2.06 bits per heavy atom. The van der Waals surface area contributed by atoms with Crippen LogP contribution in [0.1, 0.15) is 30.6 Å². The monoisotopic (exact) mass is 221 g/mol. The van der Waals surface area contributed by atoms with Gasteiger partial charge in [0.1, 0.15) is 0 Å². The molecular weight excluding hydrogens is 202 g/mol. The van der Waals surface area contributed by atoms with Crippen LogP contribution in [0.25, 0.3) is 0 Å². The van der Waals surface area contributed by atoms with Crippen LogP contribution in [0.3, 0.4) is 0 Å². The number of nitrogens with two attached hydrogens (primary N) is 2. The van der Waals surface area contributed by atoms with E-state index in [4.69, 9.17) is 11.5 Å². The lowest BCUT2D eigenvalue weighted by Gasteiger charge is -2.24. The maximum Gasteiger partial charge on any atom is 0.256 e. The van der Waals surface area contributed by atoms with Crippen molar-refractivity contribution in [1.29, 1.82) is 0 Å². The Labute approximate surface area is 96.2 Å². The first-order chi connectivity index (χ1) is 7.49. The van der Waals surface area contributed by atoms with Gasteiger partial charge in [-0.15, -0.1) is 0 Å². The van der Waals surface area contributed by atoms with Crippen LogP contribution in [-0.2, 0) is 0 Å². The number of hydrogen-bond donors (Lipinski definition) is 2. The summed E-state index contributed by atoms with van der Waals surface area (Å²) in [5.41, 5.74) is 12.7. The van der Waals surface area contributed by atoms with E-state index in [1.165, 1.54) is 0 Å². The lowest BCUT2D eigenvalue weighted by atomic mass is 10.1. The maximum atomic E-state index is 12.1. The topological polar surface area (TPSA) is 72.3 Å². The fraction of sp³-hybridized carbons (Fsp3) is 0.417. The summed E-state index contributed by atoms with van der Waals surface area (Å²) in [6.07, 6.45) is 0.907. The molecule has 0 radical (unpaired) electrons. The fourth-order valence-electron chi connectivity index (χ4n) is 1.43. The van der Waals surface area contributed by atoms with Gasteiger partial charge in [-0.3, -0.25) is 4.79 Å². The highest BCUT2D eigenvalue weighted by Crippen LogP contribution is 2.21. The number of amides is 1. The van der Waals surface area contributed by atoms with Gasteiger partial charge in [-0.25, -0.2) is 0 Å². The van der Waals surface area contributed by atoms with Crippen LogP contribution in [-0.4, -0.2) is 23.9 Å². The second-order valence-corrected chi connectivity index (χ2v) is 3.98. The predicted octanol–water partition coefficient (Wildman–Crippen LogP) is 1.72. The number of benzene rings is 1. The molecule has 4 nitrogen and oxygen atoms in total. The number of hydrogen-bond acceptors (Lipinski definition) is 3. The van der Waals surface area contributed by atoms with Crippen molar-refractivity contribution in [2.75, 3.05) is 18.5 Å². The van der Waals surface area contributed by atoms with Crippen LogP contribution in [0, 0.1) is 0 Å². The van der Waals surface area contributed by atoms with Crippen molar-refractivity contribution in [3.05, 3.63) is 23.8 Å². The lowest BCUT2D eigenvalue weighted by Crippen LogP contribution is -2.35. The summed E-state index contributed by atoms with van der Waals surface area (Å²) in [7, 11) is 1.78. The quantitative estimate of drug-likeness (QED) is 0.763. The highest BCUT2D eigenvalue weighted by molar-refractivity contribution is 6.01. The lowest BCUT2D eigenvalue weighted by molar-refractivity contribution is 0.0741. The van der Waals surface area contributed by atoms with E-state index in [0.717, 1.165) is 6.42 Å². The van der Waals surface area contributed by atoms with Gasteiger partial charge in [-0.05, 0) is 25.5 Å². The zero-order chi connectivity index (χ0) is 12.3. The summed E-state index contributed by atoms with van der Waals surface area (Å²) in [5.74, 6) is -0.0841. The van der Waals surface area contributed by atoms with Crippen molar-refractivity contribution in [2.24, 2.45) is 0 Å². The SMILES string of the molecule is CCC(C)N(C)C(=O)c1cccc(N)c1N. The van der Waals surface area contributed by atoms with Crippen molar-refractivity contribution >= 4 is 17.3 Å². The van der Waals surface area contributed by atoms with Crippen LogP contribution >= 0.6 is 0 Å². The molecule has 4 N–H and O–H groups in total. The third kappa shape index (κ3) is 2.27. The second kappa shape index (κ2) is 4.88. The van der Waals surface area contributed by atoms with Crippen molar-refractivity contribution in [3.63, 3.8) is 0 Å². The van der Waals surface area contributed by atoms with Crippen LogP contribution in [0.5, 0.6) is 0 Å². The maximum absolute atomic E-state index is 12.1. The molecular formula is C12H19N3O. The molecule has 0 bridgehead atoms. The molecule has 1 atom stereocenters. The zero-order valence-electron chi connectivity index (χ0n) is 10.0. The van der Waals surface area contributed by atoms with Gasteiger partial charge in [0, 0.05) is 13.1 Å². The van der Waals surface area contributed by atoms with E-state index < -0.39 is 0 Å². The summed E-state index contributed by atoms with van der Waals surface area (Å²) in [6, 6.07) is 5.32. The van der Waals surface area contributed by atoms with Gasteiger partial charge in [0.05, 0.1) is 16.9 Å². The molecule has 0 saturated carbocycles. The van der Waals surface area contributed by atoms with E-state index in [2.05, 4.69) is 0 Å². The molecule has 4 heteroatoms. The van der Waals surface area contributed by atoms with Crippen molar-refractivity contribution in [3.8, 4) is 0 Å². The first-order valence-corrected chi connectivity index (χ1v) is 5.40. The van der Waals surface area contributed by atoms with Gasteiger partial charge < -0.3 is 16.4 Å². The molecule has 0 aliphatic carbocycles. The van der Waals surface area contributed by atoms with Crippen molar-refractivity contribution in [2.45, 2.75) is 26.3 Å². The van der Waals surface area contributed by atoms with Gasteiger partial charge in [0.2, 0.25) is 0 Å². The summed E-state index contributed by atoms with van der Waals surface area (Å²) in [5, 5.41) is 0. The smallest absolute Gasteiger partial charge is 0.256 e. The highest BCUT2D eigenvalue weighted by Gasteiger charge is 2.18. The molecule has 0 fully saturated rings. The molecule has 0 saturated heterocycles. The number of para-hydroxylation sites is 1. The molecule has 16 heavy (non-hydrogen) atoms. The molecule has 0 heterocycles. The summed E-state index contributed by atoms with van der Waals surface area (Å²) >= 11 is 0. The predicted molar refractivity (Wildman–Crippen MR) is 67.1 cm³/mol. The molecule has 0 aromatic heterocycles. The van der Waals surface area contributed by atoms with E-state index in [1.54, 1.807) is 30.1 Å². The minimum absolute atomic E-state index is 0.0841. The molecule has 1 amide bonds. The molecule has 1 aromatic carbocycles. The van der Waals surface area contributed by atoms with Gasteiger partial charge in [0.15, 0.2) is 0 Å². The average molecular weight is 221 g/mol. The molecule has 88 valence electrons. The Morgan fingerprint density at radius 1 is 1.44 bits per heavy atom. The Hall–Kier alpha value is -1.71. The van der Waals surface area contributed by atoms with Gasteiger partial charge in [-0.1, -0.05) is 13.0 Å². The van der Waals surface area contributed by atoms with E-state index in [0.29, 0.717) is 16.9 Å². The van der Waals surface area contributed by atoms with Crippen molar-refractivity contribution < 1.29 is 4.79 Å². The van der Waals surface area contributed by atoms with E-state index >= 15 is 0 Å². The molecule has 0 spiro atoms. The van der Waals surface area contributed by atoms with Gasteiger partial charge in [0.25, 0.3) is 5.91 Å². The molecule has 1 aromatic rings. The Bertz CT molecular complexity index is 390.